The highest BCUT2D eigenvalue weighted by Gasteiger charge is 2.16. The molecule has 1 aromatic heterocycles. The molecular formula is C15H14N2O4. The Hall–Kier alpha value is -2.89. The maximum absolute atomic E-state index is 12.1. The zero-order valence-corrected chi connectivity index (χ0v) is 11.6. The fraction of sp³-hybridized carbons (Fsp3) is 0.133. The molecule has 0 unspecified atom stereocenters. The maximum atomic E-state index is 12.1. The molecule has 6 heteroatoms. The van der Waals surface area contributed by atoms with Crippen LogP contribution in [-0.4, -0.2) is 24.0 Å². The lowest BCUT2D eigenvalue weighted by atomic mass is 10.1. The number of methoxy groups -OCH3 is 1. The van der Waals surface area contributed by atoms with Gasteiger partial charge in [0.25, 0.3) is 11.5 Å². The average Bonchev–Trinajstić information content (AvgIpc) is 2.46. The van der Waals surface area contributed by atoms with E-state index in [-0.39, 0.29) is 16.8 Å². The third-order valence-electron chi connectivity index (χ3n) is 2.88. The highest BCUT2D eigenvalue weighted by molar-refractivity contribution is 6.07. The fourth-order valence-corrected chi connectivity index (χ4v) is 1.82. The van der Waals surface area contributed by atoms with Gasteiger partial charge < -0.3 is 15.0 Å². The number of esters is 1. The molecule has 1 aromatic carbocycles. The lowest BCUT2D eigenvalue weighted by molar-refractivity contribution is 0.0602. The molecule has 108 valence electrons. The van der Waals surface area contributed by atoms with Crippen LogP contribution in [0.1, 0.15) is 26.4 Å². The van der Waals surface area contributed by atoms with Crippen molar-refractivity contribution < 1.29 is 14.3 Å². The Morgan fingerprint density at radius 3 is 2.48 bits per heavy atom. The van der Waals surface area contributed by atoms with Crippen molar-refractivity contribution in [1.82, 2.24) is 4.98 Å². The van der Waals surface area contributed by atoms with Gasteiger partial charge in [0.1, 0.15) is 5.56 Å². The number of aromatic amines is 1. The predicted molar refractivity (Wildman–Crippen MR) is 77.5 cm³/mol. The molecule has 1 heterocycles. The molecule has 21 heavy (non-hydrogen) atoms. The highest BCUT2D eigenvalue weighted by atomic mass is 16.5. The molecule has 0 radical (unpaired) electrons. The van der Waals surface area contributed by atoms with Gasteiger partial charge in [-0.25, -0.2) is 4.79 Å². The van der Waals surface area contributed by atoms with Gasteiger partial charge in [-0.2, -0.15) is 0 Å². The smallest absolute Gasteiger partial charge is 0.339 e. The molecule has 0 bridgehead atoms. The van der Waals surface area contributed by atoms with E-state index in [2.05, 4.69) is 15.0 Å². The number of anilines is 1. The Labute approximate surface area is 120 Å². The van der Waals surface area contributed by atoms with Crippen LogP contribution in [0, 0.1) is 6.92 Å². The lowest BCUT2D eigenvalue weighted by Gasteiger charge is -2.09. The van der Waals surface area contributed by atoms with Crippen LogP contribution in [0.25, 0.3) is 0 Å². The van der Waals surface area contributed by atoms with E-state index in [9.17, 15) is 14.4 Å². The van der Waals surface area contributed by atoms with E-state index in [1.807, 2.05) is 0 Å². The Morgan fingerprint density at radius 2 is 1.81 bits per heavy atom. The number of aromatic nitrogens is 1. The van der Waals surface area contributed by atoms with E-state index < -0.39 is 17.4 Å². The van der Waals surface area contributed by atoms with Crippen LogP contribution in [0.3, 0.4) is 0 Å². The second-order valence-corrected chi connectivity index (χ2v) is 4.38. The molecule has 0 atom stereocenters. The lowest BCUT2D eigenvalue weighted by Crippen LogP contribution is -2.24. The van der Waals surface area contributed by atoms with E-state index in [0.29, 0.717) is 5.69 Å². The summed E-state index contributed by atoms with van der Waals surface area (Å²) in [5, 5.41) is 2.54. The molecule has 0 aliphatic heterocycles. The van der Waals surface area contributed by atoms with Gasteiger partial charge in [-0.05, 0) is 31.2 Å². The molecule has 2 rings (SSSR count). The first kappa shape index (κ1) is 14.5. The van der Waals surface area contributed by atoms with E-state index >= 15 is 0 Å². The summed E-state index contributed by atoms with van der Waals surface area (Å²) in [7, 11) is 1.26. The predicted octanol–water partition coefficient (Wildman–Crippen LogP) is 1.72. The number of para-hydroxylation sites is 1. The molecule has 0 spiro atoms. The summed E-state index contributed by atoms with van der Waals surface area (Å²) in [6.45, 7) is 1.72. The van der Waals surface area contributed by atoms with Crippen molar-refractivity contribution in [2.75, 3.05) is 12.4 Å². The summed E-state index contributed by atoms with van der Waals surface area (Å²) >= 11 is 0. The molecule has 0 aliphatic rings. The number of benzene rings is 1. The molecule has 1 amide bonds. The number of carbonyl (C=O) groups is 2. The van der Waals surface area contributed by atoms with E-state index in [0.717, 1.165) is 0 Å². The highest BCUT2D eigenvalue weighted by Crippen LogP contribution is 2.16. The van der Waals surface area contributed by atoms with Crippen LogP contribution < -0.4 is 10.9 Å². The maximum Gasteiger partial charge on any atom is 0.339 e. The van der Waals surface area contributed by atoms with Gasteiger partial charge in [0.05, 0.1) is 18.4 Å². The fourth-order valence-electron chi connectivity index (χ4n) is 1.82. The van der Waals surface area contributed by atoms with Gasteiger partial charge in [0.2, 0.25) is 0 Å². The number of ether oxygens (including phenoxy) is 1. The third kappa shape index (κ3) is 3.17. The van der Waals surface area contributed by atoms with Gasteiger partial charge in [0, 0.05) is 5.69 Å². The van der Waals surface area contributed by atoms with Gasteiger partial charge in [-0.3, -0.25) is 9.59 Å². The van der Waals surface area contributed by atoms with Crippen LogP contribution in [0.5, 0.6) is 0 Å². The molecule has 6 nitrogen and oxygen atoms in total. The summed E-state index contributed by atoms with van der Waals surface area (Å²) in [4.78, 5) is 38.0. The van der Waals surface area contributed by atoms with Gasteiger partial charge in [-0.15, -0.1) is 0 Å². The summed E-state index contributed by atoms with van der Waals surface area (Å²) < 4.78 is 4.65. The summed E-state index contributed by atoms with van der Waals surface area (Å²) in [6.07, 6.45) is 0. The number of carbonyl (C=O) groups excluding carboxylic acids is 2. The van der Waals surface area contributed by atoms with Gasteiger partial charge in [-0.1, -0.05) is 12.1 Å². The number of aryl methyl sites for hydroxylation is 1. The summed E-state index contributed by atoms with van der Waals surface area (Å²) in [5.74, 6) is -1.16. The molecule has 0 fully saturated rings. The van der Waals surface area contributed by atoms with Gasteiger partial charge >= 0.3 is 5.97 Å². The molecule has 0 saturated heterocycles. The van der Waals surface area contributed by atoms with Crippen molar-refractivity contribution >= 4 is 17.6 Å². The number of rotatable bonds is 3. The Morgan fingerprint density at radius 1 is 1.10 bits per heavy atom. The summed E-state index contributed by atoms with van der Waals surface area (Å²) in [5.41, 5.74) is 0.654. The van der Waals surface area contributed by atoms with Crippen LogP contribution in [0.15, 0.2) is 41.2 Å². The van der Waals surface area contributed by atoms with Crippen molar-refractivity contribution in [2.45, 2.75) is 6.92 Å². The number of nitrogens with one attached hydrogen (secondary N) is 2. The first-order valence-electron chi connectivity index (χ1n) is 6.21. The van der Waals surface area contributed by atoms with Crippen molar-refractivity contribution in [1.29, 1.82) is 0 Å². The minimum atomic E-state index is -0.590. The molecular weight excluding hydrogens is 272 g/mol. The minimum Gasteiger partial charge on any atom is -0.465 e. The third-order valence-corrected chi connectivity index (χ3v) is 2.88. The topological polar surface area (TPSA) is 88.3 Å². The minimum absolute atomic E-state index is 0.0275. The second kappa shape index (κ2) is 6.04. The Balaban J connectivity index is 2.32. The number of pyridine rings is 1. The summed E-state index contributed by atoms with van der Waals surface area (Å²) in [6, 6.07) is 9.47. The van der Waals surface area contributed by atoms with Gasteiger partial charge in [0.15, 0.2) is 0 Å². The normalized spacial score (nSPS) is 10.0. The van der Waals surface area contributed by atoms with Crippen molar-refractivity contribution in [3.63, 3.8) is 0 Å². The Kier molecular flexibility index (Phi) is 4.18. The Bertz CT molecular complexity index is 749. The van der Waals surface area contributed by atoms with Crippen molar-refractivity contribution in [3.05, 3.63) is 63.6 Å². The number of H-pyrrole nitrogens is 1. The van der Waals surface area contributed by atoms with Crippen LogP contribution in [0.2, 0.25) is 0 Å². The van der Waals surface area contributed by atoms with Crippen LogP contribution >= 0.6 is 0 Å². The molecule has 0 saturated carbocycles. The van der Waals surface area contributed by atoms with Crippen LogP contribution in [-0.2, 0) is 4.74 Å². The average molecular weight is 286 g/mol. The van der Waals surface area contributed by atoms with Crippen LogP contribution in [0.4, 0.5) is 5.69 Å². The monoisotopic (exact) mass is 286 g/mol. The van der Waals surface area contributed by atoms with E-state index in [4.69, 9.17) is 0 Å². The molecule has 2 aromatic rings. The number of hydrogen-bond acceptors (Lipinski definition) is 4. The first-order valence-corrected chi connectivity index (χ1v) is 6.21. The largest absolute Gasteiger partial charge is 0.465 e. The molecule has 2 N–H and O–H groups in total. The second-order valence-electron chi connectivity index (χ2n) is 4.38. The van der Waals surface area contributed by atoms with E-state index in [1.165, 1.54) is 19.2 Å². The van der Waals surface area contributed by atoms with Crippen molar-refractivity contribution in [3.8, 4) is 0 Å². The number of hydrogen-bond donors (Lipinski definition) is 2. The SMILES string of the molecule is COC(=O)c1ccccc1NC(=O)c1ccc(C)[nH]c1=O. The standard InChI is InChI=1S/C15H14N2O4/c1-9-7-8-11(13(18)16-9)14(19)17-12-6-4-3-5-10(12)15(20)21-2/h3-8H,1-2H3,(H,16,18)(H,17,19). The first-order chi connectivity index (χ1) is 10.0. The van der Waals surface area contributed by atoms with E-state index in [1.54, 1.807) is 31.2 Å². The van der Waals surface area contributed by atoms with Crippen molar-refractivity contribution in [2.24, 2.45) is 0 Å². The zero-order chi connectivity index (χ0) is 15.4. The molecule has 0 aliphatic carbocycles. The quantitative estimate of drug-likeness (QED) is 0.841. The zero-order valence-electron chi connectivity index (χ0n) is 11.6. The number of amides is 1.